The maximum Gasteiger partial charge on any atom is 0.239 e. The molecular formula is C18H12O7. The summed E-state index contributed by atoms with van der Waals surface area (Å²) in [7, 11) is 1.47. The molecule has 7 heteroatoms. The van der Waals surface area contributed by atoms with Gasteiger partial charge in [0.15, 0.2) is 17.3 Å². The Morgan fingerprint density at radius 1 is 1.12 bits per heavy atom. The van der Waals surface area contributed by atoms with Crippen LogP contribution in [0.2, 0.25) is 0 Å². The van der Waals surface area contributed by atoms with Gasteiger partial charge in [-0.3, -0.25) is 4.79 Å². The zero-order valence-electron chi connectivity index (χ0n) is 13.1. The van der Waals surface area contributed by atoms with Gasteiger partial charge >= 0.3 is 0 Å². The van der Waals surface area contributed by atoms with Gasteiger partial charge in [0.2, 0.25) is 18.0 Å². The van der Waals surface area contributed by atoms with Gasteiger partial charge in [0.05, 0.1) is 7.11 Å². The second-order valence-electron chi connectivity index (χ2n) is 5.72. The Kier molecular flexibility index (Phi) is 2.71. The van der Waals surface area contributed by atoms with Crippen molar-refractivity contribution in [1.82, 2.24) is 0 Å². The Morgan fingerprint density at radius 3 is 2.84 bits per heavy atom. The Labute approximate surface area is 140 Å². The first kappa shape index (κ1) is 14.0. The average Bonchev–Trinajstić information content (AvgIpc) is 3.10. The van der Waals surface area contributed by atoms with Crippen molar-refractivity contribution in [2.24, 2.45) is 0 Å². The maximum absolute atomic E-state index is 12.8. The summed E-state index contributed by atoms with van der Waals surface area (Å²) < 4.78 is 27.6. The van der Waals surface area contributed by atoms with E-state index in [1.54, 1.807) is 18.2 Å². The van der Waals surface area contributed by atoms with Gasteiger partial charge in [-0.25, -0.2) is 0 Å². The molecule has 1 N–H and O–H groups in total. The standard InChI is InChI=1S/C18H12O7/c1-21-8-4-11(19)14-13(5-8)25-17-9-2-3-12-16(24-7-23-12)10(9)6-22-18(17)15(14)20/h2-5,19H,6-7H2,1H3. The molecule has 0 amide bonds. The van der Waals surface area contributed by atoms with E-state index >= 15 is 0 Å². The number of ether oxygens (including phenoxy) is 4. The fourth-order valence-corrected chi connectivity index (χ4v) is 3.21. The molecule has 0 saturated carbocycles. The fraction of sp³-hybridized carbons (Fsp3) is 0.167. The lowest BCUT2D eigenvalue weighted by atomic mass is 10.00. The normalized spacial score (nSPS) is 14.0. The van der Waals surface area contributed by atoms with Crippen LogP contribution in [0.5, 0.6) is 28.7 Å². The quantitative estimate of drug-likeness (QED) is 0.729. The average molecular weight is 340 g/mol. The molecule has 0 saturated heterocycles. The number of fused-ring (bicyclic) bond motifs is 6. The second-order valence-corrected chi connectivity index (χ2v) is 5.72. The minimum absolute atomic E-state index is 0.0590. The molecule has 25 heavy (non-hydrogen) atoms. The zero-order chi connectivity index (χ0) is 17.1. The number of methoxy groups -OCH3 is 1. The van der Waals surface area contributed by atoms with E-state index < -0.39 is 5.43 Å². The third kappa shape index (κ3) is 1.83. The zero-order valence-corrected chi connectivity index (χ0v) is 13.1. The van der Waals surface area contributed by atoms with Crippen LogP contribution in [0.4, 0.5) is 0 Å². The highest BCUT2D eigenvalue weighted by Gasteiger charge is 2.31. The van der Waals surface area contributed by atoms with Crippen LogP contribution < -0.4 is 24.4 Å². The lowest BCUT2D eigenvalue weighted by molar-refractivity contribution is 0.171. The summed E-state index contributed by atoms with van der Waals surface area (Å²) >= 11 is 0. The summed E-state index contributed by atoms with van der Waals surface area (Å²) in [6.45, 7) is 0.299. The molecule has 0 spiro atoms. The Bertz CT molecular complexity index is 1100. The van der Waals surface area contributed by atoms with Crippen LogP contribution in [0, 0.1) is 0 Å². The molecule has 0 bridgehead atoms. The fourth-order valence-electron chi connectivity index (χ4n) is 3.21. The summed E-state index contributed by atoms with van der Waals surface area (Å²) in [6, 6.07) is 6.49. The van der Waals surface area contributed by atoms with Crippen molar-refractivity contribution in [1.29, 1.82) is 0 Å². The van der Waals surface area contributed by atoms with Crippen molar-refractivity contribution in [2.75, 3.05) is 13.9 Å². The lowest BCUT2D eigenvalue weighted by Gasteiger charge is -2.20. The minimum Gasteiger partial charge on any atom is -0.507 e. The van der Waals surface area contributed by atoms with E-state index in [1.807, 2.05) is 0 Å². The second kappa shape index (κ2) is 4.83. The van der Waals surface area contributed by atoms with Gasteiger partial charge in [-0.2, -0.15) is 0 Å². The highest BCUT2D eigenvalue weighted by atomic mass is 16.7. The number of aromatic hydroxyl groups is 1. The largest absolute Gasteiger partial charge is 0.507 e. The number of hydrogen-bond donors (Lipinski definition) is 1. The van der Waals surface area contributed by atoms with Gasteiger partial charge in [-0.15, -0.1) is 0 Å². The van der Waals surface area contributed by atoms with E-state index in [1.165, 1.54) is 13.2 Å². The molecule has 0 atom stereocenters. The molecule has 126 valence electrons. The third-order valence-corrected chi connectivity index (χ3v) is 4.39. The predicted octanol–water partition coefficient (Wildman–Crippen LogP) is 2.80. The molecule has 2 aliphatic rings. The van der Waals surface area contributed by atoms with Gasteiger partial charge in [0.1, 0.15) is 29.1 Å². The summed E-state index contributed by atoms with van der Waals surface area (Å²) in [4.78, 5) is 12.8. The van der Waals surface area contributed by atoms with Crippen molar-refractivity contribution < 1.29 is 28.5 Å². The Balaban J connectivity index is 1.84. The molecular weight excluding hydrogens is 328 g/mol. The van der Waals surface area contributed by atoms with Gasteiger partial charge in [-0.1, -0.05) is 0 Å². The number of rotatable bonds is 1. The minimum atomic E-state index is -0.431. The molecule has 0 aliphatic carbocycles. The van der Waals surface area contributed by atoms with Crippen LogP contribution in [-0.2, 0) is 6.61 Å². The summed E-state index contributed by atoms with van der Waals surface area (Å²) in [6.07, 6.45) is 0. The van der Waals surface area contributed by atoms with Gasteiger partial charge < -0.3 is 28.5 Å². The number of phenolic OH excluding ortho intramolecular Hbond substituents is 1. The van der Waals surface area contributed by atoms with Crippen molar-refractivity contribution in [3.05, 3.63) is 40.1 Å². The number of benzene rings is 2. The van der Waals surface area contributed by atoms with Crippen LogP contribution in [0.3, 0.4) is 0 Å². The van der Waals surface area contributed by atoms with Gasteiger partial charge in [0.25, 0.3) is 0 Å². The summed E-state index contributed by atoms with van der Waals surface area (Å²) in [5.41, 5.74) is 1.25. The predicted molar refractivity (Wildman–Crippen MR) is 86.6 cm³/mol. The number of hydrogen-bond acceptors (Lipinski definition) is 7. The van der Waals surface area contributed by atoms with Crippen LogP contribution in [-0.4, -0.2) is 19.0 Å². The van der Waals surface area contributed by atoms with E-state index in [0.717, 1.165) is 5.56 Å². The Morgan fingerprint density at radius 2 is 2.00 bits per heavy atom. The van der Waals surface area contributed by atoms with E-state index in [2.05, 4.69) is 0 Å². The number of phenols is 1. The van der Waals surface area contributed by atoms with Crippen LogP contribution in [0.25, 0.3) is 22.3 Å². The molecule has 2 aromatic carbocycles. The first-order valence-electron chi connectivity index (χ1n) is 7.60. The smallest absolute Gasteiger partial charge is 0.239 e. The SMILES string of the molecule is COc1cc(O)c2c(=O)c3c(oc2c1)-c1ccc2c(c1CO3)OCO2. The molecule has 3 heterocycles. The van der Waals surface area contributed by atoms with Crippen LogP contribution in [0.15, 0.2) is 33.5 Å². The van der Waals surface area contributed by atoms with Crippen molar-refractivity contribution in [2.45, 2.75) is 6.61 Å². The van der Waals surface area contributed by atoms with E-state index in [9.17, 15) is 9.90 Å². The molecule has 7 nitrogen and oxygen atoms in total. The first-order chi connectivity index (χ1) is 12.2. The topological polar surface area (TPSA) is 87.4 Å². The summed E-state index contributed by atoms with van der Waals surface area (Å²) in [5, 5.41) is 10.2. The molecule has 0 fully saturated rings. The van der Waals surface area contributed by atoms with E-state index in [0.29, 0.717) is 28.6 Å². The van der Waals surface area contributed by atoms with Gasteiger partial charge in [0, 0.05) is 23.3 Å². The molecule has 3 aromatic rings. The van der Waals surface area contributed by atoms with Crippen LogP contribution >= 0.6 is 0 Å². The highest BCUT2D eigenvalue weighted by Crippen LogP contribution is 2.47. The van der Waals surface area contributed by atoms with Crippen molar-refractivity contribution in [3.8, 4) is 40.1 Å². The third-order valence-electron chi connectivity index (χ3n) is 4.39. The molecule has 0 radical (unpaired) electrons. The van der Waals surface area contributed by atoms with Crippen molar-refractivity contribution >= 4 is 11.0 Å². The van der Waals surface area contributed by atoms with Crippen molar-refractivity contribution in [3.63, 3.8) is 0 Å². The first-order valence-corrected chi connectivity index (χ1v) is 7.60. The molecule has 0 unspecified atom stereocenters. The molecule has 2 aliphatic heterocycles. The Hall–Kier alpha value is -3.35. The van der Waals surface area contributed by atoms with Gasteiger partial charge in [-0.05, 0) is 12.1 Å². The molecule has 1 aromatic heterocycles. The highest BCUT2D eigenvalue weighted by molar-refractivity contribution is 5.89. The van der Waals surface area contributed by atoms with E-state index in [-0.39, 0.29) is 35.9 Å². The molecule has 5 rings (SSSR count). The summed E-state index contributed by atoms with van der Waals surface area (Å²) in [5.74, 6) is 1.76. The lowest BCUT2D eigenvalue weighted by Crippen LogP contribution is -2.15. The van der Waals surface area contributed by atoms with Crippen LogP contribution in [0.1, 0.15) is 5.56 Å². The monoisotopic (exact) mass is 340 g/mol. The van der Waals surface area contributed by atoms with E-state index in [4.69, 9.17) is 23.4 Å². The maximum atomic E-state index is 12.8.